The summed E-state index contributed by atoms with van der Waals surface area (Å²) in [5.41, 5.74) is 1.88. The average Bonchev–Trinajstić information content (AvgIpc) is 2.47. The Morgan fingerprint density at radius 1 is 1.27 bits per heavy atom. The Labute approximate surface area is 131 Å². The molecule has 2 amide bonds. The highest BCUT2D eigenvalue weighted by molar-refractivity contribution is 5.92. The van der Waals surface area contributed by atoms with Crippen molar-refractivity contribution >= 4 is 17.5 Å². The molecule has 1 fully saturated rings. The summed E-state index contributed by atoms with van der Waals surface area (Å²) < 4.78 is 0. The van der Waals surface area contributed by atoms with Crippen LogP contribution in [0.4, 0.5) is 5.69 Å². The number of benzene rings is 1. The first-order valence-electron chi connectivity index (χ1n) is 7.58. The van der Waals surface area contributed by atoms with E-state index >= 15 is 0 Å². The molecule has 6 nitrogen and oxygen atoms in total. The molecular formula is C16H24N4O2. The van der Waals surface area contributed by atoms with Gasteiger partial charge < -0.3 is 15.5 Å². The highest BCUT2D eigenvalue weighted by Crippen LogP contribution is 2.09. The summed E-state index contributed by atoms with van der Waals surface area (Å²) in [5.74, 6) is -0.0337. The second-order valence-corrected chi connectivity index (χ2v) is 5.72. The van der Waals surface area contributed by atoms with E-state index < -0.39 is 0 Å². The summed E-state index contributed by atoms with van der Waals surface area (Å²) in [6, 6.07) is 7.66. The molecule has 0 atom stereocenters. The lowest BCUT2D eigenvalue weighted by molar-refractivity contribution is -0.133. The number of nitrogens with zero attached hydrogens (tertiary/aromatic N) is 2. The van der Waals surface area contributed by atoms with E-state index in [1.165, 1.54) is 0 Å². The van der Waals surface area contributed by atoms with Gasteiger partial charge in [-0.3, -0.25) is 14.5 Å². The zero-order chi connectivity index (χ0) is 15.9. The molecule has 1 aromatic rings. The minimum absolute atomic E-state index is 0.0763. The summed E-state index contributed by atoms with van der Waals surface area (Å²) in [6.07, 6.45) is 0. The summed E-state index contributed by atoms with van der Waals surface area (Å²) in [5, 5.41) is 6.07. The van der Waals surface area contributed by atoms with Gasteiger partial charge in [-0.25, -0.2) is 0 Å². The molecule has 0 radical (unpaired) electrons. The van der Waals surface area contributed by atoms with Crippen LogP contribution >= 0.6 is 0 Å². The number of carbonyl (C=O) groups is 2. The van der Waals surface area contributed by atoms with Crippen LogP contribution in [0.15, 0.2) is 24.3 Å². The predicted octanol–water partition coefficient (Wildman–Crippen LogP) is 0.297. The van der Waals surface area contributed by atoms with Crippen molar-refractivity contribution in [2.75, 3.05) is 51.6 Å². The second kappa shape index (κ2) is 7.91. The third-order valence-electron chi connectivity index (χ3n) is 3.59. The lowest BCUT2D eigenvalue weighted by Gasteiger charge is -2.29. The van der Waals surface area contributed by atoms with E-state index in [0.29, 0.717) is 0 Å². The van der Waals surface area contributed by atoms with Crippen LogP contribution in [-0.2, 0) is 9.59 Å². The fraction of sp³-hybridized carbons (Fsp3) is 0.500. The molecule has 2 N–H and O–H groups in total. The van der Waals surface area contributed by atoms with E-state index in [2.05, 4.69) is 10.6 Å². The zero-order valence-electron chi connectivity index (χ0n) is 13.3. The van der Waals surface area contributed by atoms with Crippen molar-refractivity contribution < 1.29 is 9.59 Å². The third kappa shape index (κ3) is 5.13. The van der Waals surface area contributed by atoms with Gasteiger partial charge in [0.1, 0.15) is 0 Å². The predicted molar refractivity (Wildman–Crippen MR) is 86.8 cm³/mol. The number of hydrogen-bond donors (Lipinski definition) is 2. The number of aryl methyl sites for hydroxylation is 1. The molecule has 22 heavy (non-hydrogen) atoms. The van der Waals surface area contributed by atoms with Crippen molar-refractivity contribution in [3.63, 3.8) is 0 Å². The first-order chi connectivity index (χ1) is 10.5. The van der Waals surface area contributed by atoms with Gasteiger partial charge in [0.2, 0.25) is 11.8 Å². The summed E-state index contributed by atoms with van der Waals surface area (Å²) >= 11 is 0. The number of piperazine rings is 1. The molecule has 0 unspecified atom stereocenters. The first kappa shape index (κ1) is 16.5. The molecule has 0 aromatic heterocycles. The van der Waals surface area contributed by atoms with Crippen LogP contribution in [0.2, 0.25) is 0 Å². The highest BCUT2D eigenvalue weighted by Gasteiger charge is 2.18. The van der Waals surface area contributed by atoms with E-state index in [1.54, 1.807) is 11.9 Å². The van der Waals surface area contributed by atoms with E-state index in [9.17, 15) is 9.59 Å². The number of carbonyl (C=O) groups excluding carboxylic acids is 2. The van der Waals surface area contributed by atoms with Crippen LogP contribution in [-0.4, -0.2) is 67.9 Å². The van der Waals surface area contributed by atoms with Crippen LogP contribution in [0.3, 0.4) is 0 Å². The van der Waals surface area contributed by atoms with Gasteiger partial charge in [0.15, 0.2) is 0 Å². The smallest absolute Gasteiger partial charge is 0.238 e. The van der Waals surface area contributed by atoms with Crippen LogP contribution in [0.5, 0.6) is 0 Å². The largest absolute Gasteiger partial charge is 0.339 e. The highest BCUT2D eigenvalue weighted by atomic mass is 16.2. The van der Waals surface area contributed by atoms with Crippen molar-refractivity contribution in [2.45, 2.75) is 6.92 Å². The quantitative estimate of drug-likeness (QED) is 0.821. The van der Waals surface area contributed by atoms with Gasteiger partial charge in [0, 0.05) is 31.9 Å². The summed E-state index contributed by atoms with van der Waals surface area (Å²) in [6.45, 7) is 5.60. The van der Waals surface area contributed by atoms with Gasteiger partial charge in [-0.2, -0.15) is 0 Å². The van der Waals surface area contributed by atoms with Gasteiger partial charge in [-0.15, -0.1) is 0 Å². The lowest BCUT2D eigenvalue weighted by atomic mass is 10.2. The molecule has 0 saturated carbocycles. The third-order valence-corrected chi connectivity index (χ3v) is 3.59. The fourth-order valence-corrected chi connectivity index (χ4v) is 2.47. The van der Waals surface area contributed by atoms with Crippen molar-refractivity contribution in [1.82, 2.24) is 15.1 Å². The Morgan fingerprint density at radius 2 is 2.00 bits per heavy atom. The molecule has 1 aromatic carbocycles. The number of hydrogen-bond acceptors (Lipinski definition) is 4. The molecule has 1 aliphatic rings. The van der Waals surface area contributed by atoms with Crippen LogP contribution < -0.4 is 10.6 Å². The molecule has 0 aliphatic carbocycles. The number of amides is 2. The van der Waals surface area contributed by atoms with Gasteiger partial charge in [0.25, 0.3) is 0 Å². The lowest BCUT2D eigenvalue weighted by Crippen LogP contribution is -2.49. The summed E-state index contributed by atoms with van der Waals surface area (Å²) in [7, 11) is 1.79. The average molecular weight is 304 g/mol. The minimum Gasteiger partial charge on any atom is -0.339 e. The van der Waals surface area contributed by atoms with Crippen molar-refractivity contribution in [2.24, 2.45) is 0 Å². The maximum atomic E-state index is 12.1. The molecule has 0 bridgehead atoms. The molecule has 6 heteroatoms. The van der Waals surface area contributed by atoms with Gasteiger partial charge in [0.05, 0.1) is 13.1 Å². The molecule has 1 saturated heterocycles. The van der Waals surface area contributed by atoms with Crippen LogP contribution in [0, 0.1) is 6.92 Å². The van der Waals surface area contributed by atoms with Crippen molar-refractivity contribution in [3.05, 3.63) is 29.8 Å². The molecule has 2 rings (SSSR count). The fourth-order valence-electron chi connectivity index (χ4n) is 2.47. The zero-order valence-corrected chi connectivity index (χ0v) is 13.3. The number of anilines is 1. The minimum atomic E-state index is -0.110. The van der Waals surface area contributed by atoms with E-state index in [0.717, 1.165) is 37.4 Å². The number of nitrogens with one attached hydrogen (secondary N) is 2. The topological polar surface area (TPSA) is 64.7 Å². The van der Waals surface area contributed by atoms with E-state index in [1.807, 2.05) is 36.1 Å². The maximum absolute atomic E-state index is 12.1. The maximum Gasteiger partial charge on any atom is 0.238 e. The van der Waals surface area contributed by atoms with Crippen molar-refractivity contribution in [3.8, 4) is 0 Å². The van der Waals surface area contributed by atoms with Crippen LogP contribution in [0.1, 0.15) is 5.56 Å². The van der Waals surface area contributed by atoms with Crippen molar-refractivity contribution in [1.29, 1.82) is 0 Å². The van der Waals surface area contributed by atoms with Crippen LogP contribution in [0.25, 0.3) is 0 Å². The Morgan fingerprint density at radius 3 is 2.68 bits per heavy atom. The standard InChI is InChI=1S/C16H24N4O2/c1-13-4-3-5-14(10-13)18-15(21)11-19(2)12-16(22)20-8-6-17-7-9-20/h3-5,10,17H,6-9,11-12H2,1-2H3,(H,18,21). The first-order valence-corrected chi connectivity index (χ1v) is 7.58. The Kier molecular flexibility index (Phi) is 5.91. The van der Waals surface area contributed by atoms with E-state index in [4.69, 9.17) is 0 Å². The number of likely N-dealkylation sites (N-methyl/N-ethyl adjacent to an activating group) is 1. The molecular weight excluding hydrogens is 280 g/mol. The summed E-state index contributed by atoms with van der Waals surface area (Å²) in [4.78, 5) is 27.7. The SMILES string of the molecule is Cc1cccc(NC(=O)CN(C)CC(=O)N2CCNCC2)c1. The second-order valence-electron chi connectivity index (χ2n) is 5.72. The monoisotopic (exact) mass is 304 g/mol. The van der Waals surface area contributed by atoms with E-state index in [-0.39, 0.29) is 24.9 Å². The molecule has 120 valence electrons. The number of rotatable bonds is 5. The van der Waals surface area contributed by atoms with Gasteiger partial charge in [-0.05, 0) is 31.7 Å². The molecule has 1 heterocycles. The van der Waals surface area contributed by atoms with Gasteiger partial charge in [-0.1, -0.05) is 12.1 Å². The Balaban J connectivity index is 1.77. The Hall–Kier alpha value is -1.92. The molecule has 1 aliphatic heterocycles. The molecule has 0 spiro atoms. The Bertz CT molecular complexity index is 527. The van der Waals surface area contributed by atoms with Gasteiger partial charge >= 0.3 is 0 Å². The normalized spacial score (nSPS) is 15.0.